The van der Waals surface area contributed by atoms with Gasteiger partial charge in [-0.15, -0.1) is 0 Å². The number of nitrogens with one attached hydrogen (secondary N) is 1. The van der Waals surface area contributed by atoms with Gasteiger partial charge in [-0.05, 0) is 94.8 Å². The third kappa shape index (κ3) is 4.09. The second kappa shape index (κ2) is 7.16. The summed E-state index contributed by atoms with van der Waals surface area (Å²) in [5.41, 5.74) is 0.308. The van der Waals surface area contributed by atoms with Gasteiger partial charge in [0.25, 0.3) is 0 Å². The second-order valence-electron chi connectivity index (χ2n) is 10.2. The second-order valence-corrected chi connectivity index (χ2v) is 10.2. The fraction of sp³-hybridized carbons (Fsp3) is 0.909. The maximum Gasteiger partial charge on any atom is 0.223 e. The lowest BCUT2D eigenvalue weighted by molar-refractivity contribution is -0.141. The van der Waals surface area contributed by atoms with Gasteiger partial charge in [0.1, 0.15) is 0 Å². The molecule has 0 aromatic rings. The van der Waals surface area contributed by atoms with E-state index in [4.69, 9.17) is 0 Å². The molecule has 4 bridgehead atoms. The monoisotopic (exact) mass is 360 g/mol. The molecule has 5 saturated carbocycles. The van der Waals surface area contributed by atoms with Crippen molar-refractivity contribution in [2.24, 2.45) is 23.2 Å². The lowest BCUT2D eigenvalue weighted by atomic mass is 9.49. The lowest BCUT2D eigenvalue weighted by Gasteiger charge is -2.57. The Balaban J connectivity index is 1.30. The van der Waals surface area contributed by atoms with Gasteiger partial charge in [-0.25, -0.2) is 0 Å². The van der Waals surface area contributed by atoms with Gasteiger partial charge < -0.3 is 10.2 Å². The predicted octanol–water partition coefficient (Wildman–Crippen LogP) is 3.89. The maximum absolute atomic E-state index is 13.2. The number of carbonyl (C=O) groups is 2. The van der Waals surface area contributed by atoms with Crippen LogP contribution in [0.25, 0.3) is 0 Å². The van der Waals surface area contributed by atoms with E-state index in [1.54, 1.807) is 0 Å². The van der Waals surface area contributed by atoms with E-state index >= 15 is 0 Å². The van der Waals surface area contributed by atoms with Crippen molar-refractivity contribution >= 4 is 11.8 Å². The minimum Gasteiger partial charge on any atom is -0.353 e. The van der Waals surface area contributed by atoms with E-state index in [0.717, 1.165) is 50.0 Å². The summed E-state index contributed by atoms with van der Waals surface area (Å²) in [5.74, 6) is 3.18. The van der Waals surface area contributed by atoms with E-state index in [1.807, 2.05) is 4.90 Å². The highest BCUT2D eigenvalue weighted by molar-refractivity contribution is 5.78. The number of carbonyl (C=O) groups excluding carboxylic acids is 2. The summed E-state index contributed by atoms with van der Waals surface area (Å²) in [5, 5.41) is 3.05. The number of amides is 2. The highest BCUT2D eigenvalue weighted by Gasteiger charge is 2.51. The molecule has 5 aliphatic carbocycles. The normalized spacial score (nSPS) is 35.0. The highest BCUT2D eigenvalue weighted by atomic mass is 16.2. The van der Waals surface area contributed by atoms with Crippen molar-refractivity contribution in [3.8, 4) is 0 Å². The minimum atomic E-state index is 0.157. The van der Waals surface area contributed by atoms with Gasteiger partial charge in [0.15, 0.2) is 0 Å². The quantitative estimate of drug-likeness (QED) is 0.714. The van der Waals surface area contributed by atoms with Crippen LogP contribution >= 0.6 is 0 Å². The molecule has 5 aliphatic rings. The number of hydrogen-bond donors (Lipinski definition) is 1. The topological polar surface area (TPSA) is 49.4 Å². The van der Waals surface area contributed by atoms with E-state index in [1.165, 1.54) is 38.5 Å². The Hall–Kier alpha value is -1.06. The zero-order chi connectivity index (χ0) is 18.3. The van der Waals surface area contributed by atoms with E-state index in [0.29, 0.717) is 23.8 Å². The van der Waals surface area contributed by atoms with Gasteiger partial charge in [-0.1, -0.05) is 0 Å². The first kappa shape index (κ1) is 18.3. The number of nitrogens with zero attached hydrogens (tertiary/aromatic N) is 1. The Kier molecular flexibility index (Phi) is 5.04. The summed E-state index contributed by atoms with van der Waals surface area (Å²) in [6.07, 6.45) is 12.5. The standard InChI is InChI=1S/C22H36N2O2/c1-15(2)24(7-3-4-20(25)23-19-5-6-19)21(26)14-22-11-16-8-17(12-22)10-18(9-16)13-22/h15-19H,3-14H2,1-2H3,(H,23,25). The van der Waals surface area contributed by atoms with Crippen molar-refractivity contribution in [2.45, 2.75) is 96.6 Å². The smallest absolute Gasteiger partial charge is 0.223 e. The largest absolute Gasteiger partial charge is 0.353 e. The van der Waals surface area contributed by atoms with Crippen LogP contribution in [0.1, 0.15) is 84.5 Å². The van der Waals surface area contributed by atoms with Crippen LogP contribution in [0.5, 0.6) is 0 Å². The Morgan fingerprint density at radius 3 is 2.12 bits per heavy atom. The Morgan fingerprint density at radius 1 is 1.04 bits per heavy atom. The van der Waals surface area contributed by atoms with Gasteiger partial charge in [0.05, 0.1) is 0 Å². The molecule has 146 valence electrons. The average molecular weight is 361 g/mol. The Labute approximate surface area is 158 Å². The third-order valence-corrected chi connectivity index (χ3v) is 7.38. The van der Waals surface area contributed by atoms with Crippen LogP contribution in [0, 0.1) is 23.2 Å². The van der Waals surface area contributed by atoms with Gasteiger partial charge in [-0.2, -0.15) is 0 Å². The molecule has 0 saturated heterocycles. The van der Waals surface area contributed by atoms with Crippen LogP contribution in [0.15, 0.2) is 0 Å². The van der Waals surface area contributed by atoms with Gasteiger partial charge in [0, 0.05) is 31.5 Å². The molecule has 5 fully saturated rings. The summed E-state index contributed by atoms with van der Waals surface area (Å²) in [6.45, 7) is 4.95. The van der Waals surface area contributed by atoms with Crippen LogP contribution < -0.4 is 5.32 Å². The zero-order valence-electron chi connectivity index (χ0n) is 16.6. The van der Waals surface area contributed by atoms with Crippen molar-refractivity contribution < 1.29 is 9.59 Å². The first-order chi connectivity index (χ1) is 12.4. The molecule has 26 heavy (non-hydrogen) atoms. The van der Waals surface area contributed by atoms with Gasteiger partial charge in [0.2, 0.25) is 11.8 Å². The van der Waals surface area contributed by atoms with E-state index in [-0.39, 0.29) is 11.9 Å². The molecule has 5 rings (SSSR count). The van der Waals surface area contributed by atoms with E-state index in [2.05, 4.69) is 19.2 Å². The van der Waals surface area contributed by atoms with Crippen LogP contribution in [0.4, 0.5) is 0 Å². The van der Waals surface area contributed by atoms with E-state index in [9.17, 15) is 9.59 Å². The summed E-state index contributed by atoms with van der Waals surface area (Å²) in [7, 11) is 0. The third-order valence-electron chi connectivity index (χ3n) is 7.38. The molecule has 0 heterocycles. The van der Waals surface area contributed by atoms with Crippen molar-refractivity contribution in [3.63, 3.8) is 0 Å². The van der Waals surface area contributed by atoms with Crippen molar-refractivity contribution in [2.75, 3.05) is 6.54 Å². The fourth-order valence-electron chi connectivity index (χ4n) is 6.54. The van der Waals surface area contributed by atoms with Crippen LogP contribution in [0.3, 0.4) is 0 Å². The average Bonchev–Trinajstić information content (AvgIpc) is 3.33. The molecule has 0 spiro atoms. The fourth-order valence-corrected chi connectivity index (χ4v) is 6.54. The SMILES string of the molecule is CC(C)N(CCCC(=O)NC1CC1)C(=O)CC12CC3CC(CC(C3)C1)C2. The highest BCUT2D eigenvalue weighted by Crippen LogP contribution is 2.61. The summed E-state index contributed by atoms with van der Waals surface area (Å²) in [6, 6.07) is 0.657. The van der Waals surface area contributed by atoms with E-state index < -0.39 is 0 Å². The van der Waals surface area contributed by atoms with Crippen molar-refractivity contribution in [1.82, 2.24) is 10.2 Å². The molecule has 4 nitrogen and oxygen atoms in total. The van der Waals surface area contributed by atoms with Crippen LogP contribution in [0.2, 0.25) is 0 Å². The van der Waals surface area contributed by atoms with Gasteiger partial charge >= 0.3 is 0 Å². The molecule has 0 radical (unpaired) electrons. The number of rotatable bonds is 8. The van der Waals surface area contributed by atoms with Crippen LogP contribution in [-0.2, 0) is 9.59 Å². The molecule has 0 aliphatic heterocycles. The molecule has 0 aromatic heterocycles. The molecule has 1 N–H and O–H groups in total. The van der Waals surface area contributed by atoms with Gasteiger partial charge in [-0.3, -0.25) is 9.59 Å². The first-order valence-electron chi connectivity index (χ1n) is 11.0. The van der Waals surface area contributed by atoms with Crippen molar-refractivity contribution in [3.05, 3.63) is 0 Å². The molecular formula is C22H36N2O2. The zero-order valence-corrected chi connectivity index (χ0v) is 16.6. The minimum absolute atomic E-state index is 0.157. The van der Waals surface area contributed by atoms with Crippen LogP contribution in [-0.4, -0.2) is 35.3 Å². The summed E-state index contributed by atoms with van der Waals surface area (Å²) < 4.78 is 0. The molecular weight excluding hydrogens is 324 g/mol. The molecule has 0 atom stereocenters. The maximum atomic E-state index is 13.2. The Bertz CT molecular complexity index is 517. The molecule has 4 heteroatoms. The first-order valence-corrected chi connectivity index (χ1v) is 11.0. The molecule has 0 aromatic carbocycles. The lowest BCUT2D eigenvalue weighted by Crippen LogP contribution is -2.49. The predicted molar refractivity (Wildman–Crippen MR) is 102 cm³/mol. The number of hydrogen-bond acceptors (Lipinski definition) is 2. The molecule has 0 unspecified atom stereocenters. The van der Waals surface area contributed by atoms with Crippen molar-refractivity contribution in [1.29, 1.82) is 0 Å². The summed E-state index contributed by atoms with van der Waals surface area (Å²) >= 11 is 0. The molecule has 2 amide bonds. The Morgan fingerprint density at radius 2 is 1.62 bits per heavy atom. The summed E-state index contributed by atoms with van der Waals surface area (Å²) in [4.78, 5) is 27.1.